The van der Waals surface area contributed by atoms with Gasteiger partial charge in [0.1, 0.15) is 18.2 Å². The molecule has 0 aliphatic heterocycles. The number of ether oxygens (including phenoxy) is 2. The Balaban J connectivity index is 2.87. The van der Waals surface area contributed by atoms with Crippen molar-refractivity contribution in [2.75, 3.05) is 25.1 Å². The molecule has 0 saturated heterocycles. The molecule has 1 rings (SSSR count). The molecule has 1 aromatic rings. The highest BCUT2D eigenvalue weighted by atomic mass is 32.1. The molecule has 2 N–H and O–H groups in total. The van der Waals surface area contributed by atoms with Crippen LogP contribution in [0.15, 0.2) is 0 Å². The van der Waals surface area contributed by atoms with Crippen LogP contribution in [0.2, 0.25) is 0 Å². The predicted octanol–water partition coefficient (Wildman–Crippen LogP) is 1.84. The third-order valence-electron chi connectivity index (χ3n) is 2.75. The van der Waals surface area contributed by atoms with Crippen molar-refractivity contribution < 1.29 is 29.0 Å². The van der Waals surface area contributed by atoms with Crippen molar-refractivity contribution in [3.05, 3.63) is 16.0 Å². The fourth-order valence-corrected chi connectivity index (χ4v) is 3.05. The maximum atomic E-state index is 12.1. The van der Waals surface area contributed by atoms with Crippen LogP contribution >= 0.6 is 11.3 Å². The summed E-state index contributed by atoms with van der Waals surface area (Å²) in [5, 5.41) is 11.4. The molecule has 0 aliphatic rings. The Morgan fingerprint density at radius 3 is 2.45 bits per heavy atom. The summed E-state index contributed by atoms with van der Waals surface area (Å²) in [6.45, 7) is 4.78. The highest BCUT2D eigenvalue weighted by Crippen LogP contribution is 2.34. The number of anilines is 1. The Morgan fingerprint density at radius 1 is 1.23 bits per heavy atom. The lowest BCUT2D eigenvalue weighted by molar-refractivity contribution is -0.143. The Morgan fingerprint density at radius 2 is 1.91 bits per heavy atom. The monoisotopic (exact) mass is 329 g/mol. The van der Waals surface area contributed by atoms with Crippen LogP contribution in [-0.2, 0) is 25.5 Å². The van der Waals surface area contributed by atoms with Crippen LogP contribution in [0.25, 0.3) is 0 Å². The number of carboxylic acid groups (broad SMARTS) is 1. The van der Waals surface area contributed by atoms with Crippen molar-refractivity contribution >= 4 is 34.2 Å². The lowest BCUT2D eigenvalue weighted by atomic mass is 10.1. The second kappa shape index (κ2) is 8.50. The maximum absolute atomic E-state index is 12.1. The highest BCUT2D eigenvalue weighted by molar-refractivity contribution is 7.16. The maximum Gasteiger partial charge on any atom is 0.341 e. The van der Waals surface area contributed by atoms with E-state index in [9.17, 15) is 14.4 Å². The summed E-state index contributed by atoms with van der Waals surface area (Å²) in [5.41, 5.74) is 1.20. The van der Waals surface area contributed by atoms with Gasteiger partial charge < -0.3 is 19.9 Å². The molecule has 1 amide bonds. The Hall–Kier alpha value is -1.93. The minimum atomic E-state index is -1.15. The molecule has 0 aliphatic carbocycles. The average Bonchev–Trinajstić information content (AvgIpc) is 2.74. The summed E-state index contributed by atoms with van der Waals surface area (Å²) in [7, 11) is 0. The largest absolute Gasteiger partial charge is 0.480 e. The van der Waals surface area contributed by atoms with E-state index in [0.717, 1.165) is 10.4 Å². The smallest absolute Gasteiger partial charge is 0.341 e. The number of hydrogen-bond acceptors (Lipinski definition) is 6. The van der Waals surface area contributed by atoms with Crippen LogP contribution in [0.5, 0.6) is 0 Å². The summed E-state index contributed by atoms with van der Waals surface area (Å²) < 4.78 is 9.74. The van der Waals surface area contributed by atoms with Gasteiger partial charge in [0.15, 0.2) is 0 Å². The van der Waals surface area contributed by atoms with Gasteiger partial charge in [-0.2, -0.15) is 0 Å². The van der Waals surface area contributed by atoms with Crippen molar-refractivity contribution in [1.82, 2.24) is 0 Å². The van der Waals surface area contributed by atoms with Gasteiger partial charge in [0, 0.05) is 4.88 Å². The van der Waals surface area contributed by atoms with Gasteiger partial charge in [-0.15, -0.1) is 11.3 Å². The Kier molecular flexibility index (Phi) is 7.00. The summed E-state index contributed by atoms with van der Waals surface area (Å²) in [4.78, 5) is 35.1. The van der Waals surface area contributed by atoms with Gasteiger partial charge in [-0.3, -0.25) is 4.79 Å². The minimum absolute atomic E-state index is 0.242. The first-order chi connectivity index (χ1) is 10.4. The fraction of sp³-hybridized carbons (Fsp3) is 0.500. The van der Waals surface area contributed by atoms with E-state index in [-0.39, 0.29) is 6.61 Å². The van der Waals surface area contributed by atoms with E-state index in [0.29, 0.717) is 17.0 Å². The molecule has 0 fully saturated rings. The number of rotatable bonds is 8. The quantitative estimate of drug-likeness (QED) is 0.706. The summed E-state index contributed by atoms with van der Waals surface area (Å²) in [6.07, 6.45) is 0.641. The molecule has 0 saturated carbocycles. The first kappa shape index (κ1) is 18.1. The zero-order valence-corrected chi connectivity index (χ0v) is 13.5. The minimum Gasteiger partial charge on any atom is -0.480 e. The van der Waals surface area contributed by atoms with Crippen LogP contribution in [0.4, 0.5) is 5.00 Å². The highest BCUT2D eigenvalue weighted by Gasteiger charge is 2.23. The second-order valence-electron chi connectivity index (χ2n) is 4.35. The fourth-order valence-electron chi connectivity index (χ4n) is 1.91. The van der Waals surface area contributed by atoms with Crippen LogP contribution in [0.1, 0.15) is 34.6 Å². The van der Waals surface area contributed by atoms with Gasteiger partial charge in [0.25, 0.3) is 5.91 Å². The number of carboxylic acids is 1. The number of aryl methyl sites for hydroxylation is 1. The van der Waals surface area contributed by atoms with E-state index in [1.165, 1.54) is 11.3 Å². The van der Waals surface area contributed by atoms with Gasteiger partial charge in [0.05, 0.1) is 12.2 Å². The third kappa shape index (κ3) is 4.81. The lowest BCUT2D eigenvalue weighted by Gasteiger charge is -2.08. The van der Waals surface area contributed by atoms with Crippen molar-refractivity contribution in [2.24, 2.45) is 0 Å². The van der Waals surface area contributed by atoms with E-state index in [4.69, 9.17) is 14.6 Å². The SMILES string of the molecule is CCOC(=O)c1c(NC(=O)COCC(=O)O)sc(C)c1CC. The second-order valence-corrected chi connectivity index (χ2v) is 5.57. The van der Waals surface area contributed by atoms with E-state index < -0.39 is 31.1 Å². The number of esters is 1. The number of aliphatic carboxylic acids is 1. The van der Waals surface area contributed by atoms with Crippen molar-refractivity contribution in [2.45, 2.75) is 27.2 Å². The molecular formula is C14H19NO6S. The van der Waals surface area contributed by atoms with Crippen molar-refractivity contribution in [1.29, 1.82) is 0 Å². The number of nitrogens with one attached hydrogen (secondary N) is 1. The first-order valence-corrected chi connectivity index (χ1v) is 7.61. The molecule has 8 heteroatoms. The third-order valence-corrected chi connectivity index (χ3v) is 3.82. The molecule has 0 unspecified atom stereocenters. The predicted molar refractivity (Wildman–Crippen MR) is 81.5 cm³/mol. The van der Waals surface area contributed by atoms with Crippen LogP contribution in [-0.4, -0.2) is 42.8 Å². The molecule has 0 bridgehead atoms. The standard InChI is InChI=1S/C14H19NO6S/c1-4-9-8(3)22-13(12(9)14(19)21-5-2)15-10(16)6-20-7-11(17)18/h4-7H2,1-3H3,(H,15,16)(H,17,18). The molecule has 0 aromatic carbocycles. The summed E-state index contributed by atoms with van der Waals surface area (Å²) in [5.74, 6) is -2.15. The van der Waals surface area contributed by atoms with Crippen LogP contribution in [0.3, 0.4) is 0 Å². The molecule has 0 atom stereocenters. The lowest BCUT2D eigenvalue weighted by Crippen LogP contribution is -2.21. The van der Waals surface area contributed by atoms with Gasteiger partial charge in [-0.05, 0) is 25.8 Å². The van der Waals surface area contributed by atoms with Gasteiger partial charge in [0.2, 0.25) is 0 Å². The molecular weight excluding hydrogens is 310 g/mol. The molecule has 0 spiro atoms. The molecule has 0 radical (unpaired) electrons. The van der Waals surface area contributed by atoms with Crippen molar-refractivity contribution in [3.63, 3.8) is 0 Å². The normalized spacial score (nSPS) is 10.3. The summed E-state index contributed by atoms with van der Waals surface area (Å²) >= 11 is 1.28. The van der Waals surface area contributed by atoms with E-state index in [1.54, 1.807) is 6.92 Å². The molecule has 122 valence electrons. The zero-order valence-electron chi connectivity index (χ0n) is 12.7. The van der Waals surface area contributed by atoms with Gasteiger partial charge in [-0.1, -0.05) is 6.92 Å². The average molecular weight is 329 g/mol. The molecule has 22 heavy (non-hydrogen) atoms. The number of carbonyl (C=O) groups excluding carboxylic acids is 2. The van der Waals surface area contributed by atoms with Crippen LogP contribution in [0, 0.1) is 6.92 Å². The molecule has 7 nitrogen and oxygen atoms in total. The first-order valence-electron chi connectivity index (χ1n) is 6.79. The van der Waals surface area contributed by atoms with E-state index >= 15 is 0 Å². The van der Waals surface area contributed by atoms with E-state index in [2.05, 4.69) is 5.32 Å². The van der Waals surface area contributed by atoms with Crippen molar-refractivity contribution in [3.8, 4) is 0 Å². The Labute approximate surface area is 132 Å². The topological polar surface area (TPSA) is 102 Å². The number of hydrogen-bond donors (Lipinski definition) is 2. The van der Waals surface area contributed by atoms with Gasteiger partial charge in [-0.25, -0.2) is 9.59 Å². The van der Waals surface area contributed by atoms with E-state index in [1.807, 2.05) is 13.8 Å². The molecule has 1 heterocycles. The summed E-state index contributed by atoms with van der Waals surface area (Å²) in [6, 6.07) is 0. The number of carbonyl (C=O) groups is 3. The van der Waals surface area contributed by atoms with Crippen LogP contribution < -0.4 is 5.32 Å². The number of amides is 1. The Bertz CT molecular complexity index is 566. The van der Waals surface area contributed by atoms with Gasteiger partial charge >= 0.3 is 11.9 Å². The molecule has 1 aromatic heterocycles. The number of thiophene rings is 1. The zero-order chi connectivity index (χ0) is 16.7.